The first-order valence-electron chi connectivity index (χ1n) is 7.15. The molecule has 0 radical (unpaired) electrons. The number of aromatic nitrogens is 1. The second-order valence-corrected chi connectivity index (χ2v) is 6.80. The minimum atomic E-state index is 0.165. The van der Waals surface area contributed by atoms with E-state index in [9.17, 15) is 0 Å². The Bertz CT molecular complexity index is 406. The van der Waals surface area contributed by atoms with E-state index >= 15 is 0 Å². The summed E-state index contributed by atoms with van der Waals surface area (Å²) in [4.78, 5) is 4.08. The first kappa shape index (κ1) is 13.4. The van der Waals surface area contributed by atoms with E-state index < -0.39 is 0 Å². The number of pyridine rings is 1. The molecule has 4 heteroatoms. The van der Waals surface area contributed by atoms with Crippen LogP contribution in [0.4, 0.5) is 0 Å². The molecule has 19 heavy (non-hydrogen) atoms. The molecule has 1 aromatic rings. The molecule has 2 aliphatic rings. The molecule has 0 saturated carbocycles. The summed E-state index contributed by atoms with van der Waals surface area (Å²) < 4.78 is 6.07. The first-order chi connectivity index (χ1) is 9.27. The summed E-state index contributed by atoms with van der Waals surface area (Å²) in [5.41, 5.74) is 1.48. The van der Waals surface area contributed by atoms with Gasteiger partial charge in [0.05, 0.1) is 5.60 Å². The fourth-order valence-corrected chi connectivity index (χ4v) is 4.51. The Kier molecular flexibility index (Phi) is 4.10. The molecule has 1 spiro atoms. The van der Waals surface area contributed by atoms with Crippen molar-refractivity contribution in [3.63, 3.8) is 0 Å². The van der Waals surface area contributed by atoms with E-state index in [0.29, 0.717) is 12.1 Å². The highest BCUT2D eigenvalue weighted by Gasteiger charge is 2.40. The van der Waals surface area contributed by atoms with Gasteiger partial charge in [0, 0.05) is 36.8 Å². The van der Waals surface area contributed by atoms with Crippen LogP contribution in [0.3, 0.4) is 0 Å². The van der Waals surface area contributed by atoms with Gasteiger partial charge in [-0.25, -0.2) is 0 Å². The Morgan fingerprint density at radius 3 is 3.05 bits per heavy atom. The Hall–Kier alpha value is -0.580. The zero-order valence-corrected chi connectivity index (χ0v) is 12.3. The van der Waals surface area contributed by atoms with Gasteiger partial charge in [0.1, 0.15) is 0 Å². The van der Waals surface area contributed by atoms with Gasteiger partial charge in [-0.3, -0.25) is 4.98 Å². The molecular weight excluding hydrogens is 256 g/mol. The minimum absolute atomic E-state index is 0.165. The standard InChI is InChI=1S/C15H22N2OS/c1-12(13-2-6-16-7-3-13)17-14-4-8-18-15(10-14)5-9-19-11-15/h2-3,6-7,12,14,17H,4-5,8-11H2,1H3/t12-,14?,15?/m0/s1. The molecule has 2 unspecified atom stereocenters. The largest absolute Gasteiger partial charge is 0.374 e. The summed E-state index contributed by atoms with van der Waals surface area (Å²) in [7, 11) is 0. The molecule has 2 saturated heterocycles. The highest BCUT2D eigenvalue weighted by Crippen LogP contribution is 2.38. The molecule has 3 heterocycles. The summed E-state index contributed by atoms with van der Waals surface area (Å²) in [6.45, 7) is 3.14. The molecule has 104 valence electrons. The lowest BCUT2D eigenvalue weighted by molar-refractivity contribution is -0.0711. The van der Waals surface area contributed by atoms with Crippen LogP contribution in [0, 0.1) is 0 Å². The second kappa shape index (κ2) is 5.81. The van der Waals surface area contributed by atoms with Crippen LogP contribution >= 0.6 is 11.8 Å². The van der Waals surface area contributed by atoms with E-state index in [2.05, 4.69) is 29.4 Å². The number of nitrogens with one attached hydrogen (secondary N) is 1. The van der Waals surface area contributed by atoms with E-state index in [1.807, 2.05) is 24.2 Å². The summed E-state index contributed by atoms with van der Waals surface area (Å²) in [6, 6.07) is 5.16. The van der Waals surface area contributed by atoms with Gasteiger partial charge >= 0.3 is 0 Å². The molecule has 2 fully saturated rings. The minimum Gasteiger partial charge on any atom is -0.374 e. The lowest BCUT2D eigenvalue weighted by Crippen LogP contribution is -2.47. The third-order valence-electron chi connectivity index (χ3n) is 4.25. The Balaban J connectivity index is 1.60. The zero-order chi connectivity index (χ0) is 13.1. The van der Waals surface area contributed by atoms with Crippen molar-refractivity contribution in [2.24, 2.45) is 0 Å². The van der Waals surface area contributed by atoms with Crippen LogP contribution in [0.25, 0.3) is 0 Å². The van der Waals surface area contributed by atoms with E-state index in [1.54, 1.807) is 0 Å². The van der Waals surface area contributed by atoms with E-state index in [4.69, 9.17) is 4.74 Å². The van der Waals surface area contributed by atoms with Crippen molar-refractivity contribution in [1.29, 1.82) is 0 Å². The highest BCUT2D eigenvalue weighted by molar-refractivity contribution is 7.99. The Morgan fingerprint density at radius 2 is 2.32 bits per heavy atom. The molecular formula is C15H22N2OS. The van der Waals surface area contributed by atoms with Crippen LogP contribution in [-0.4, -0.2) is 34.7 Å². The molecule has 1 N–H and O–H groups in total. The van der Waals surface area contributed by atoms with E-state index in [0.717, 1.165) is 19.4 Å². The number of rotatable bonds is 3. The normalized spacial score (nSPS) is 32.6. The van der Waals surface area contributed by atoms with Gasteiger partial charge in [-0.15, -0.1) is 0 Å². The molecule has 3 rings (SSSR count). The van der Waals surface area contributed by atoms with Crippen molar-refractivity contribution in [3.8, 4) is 0 Å². The molecule has 0 aliphatic carbocycles. The predicted octanol–water partition coefficient (Wildman–Crippen LogP) is 2.79. The molecule has 0 bridgehead atoms. The lowest BCUT2D eigenvalue weighted by atomic mass is 9.89. The Labute approximate surface area is 119 Å². The van der Waals surface area contributed by atoms with Gasteiger partial charge in [0.2, 0.25) is 0 Å². The number of hydrogen-bond acceptors (Lipinski definition) is 4. The van der Waals surface area contributed by atoms with E-state index in [-0.39, 0.29) is 5.60 Å². The summed E-state index contributed by atoms with van der Waals surface area (Å²) in [6.07, 6.45) is 7.25. The SMILES string of the molecule is C[C@H](NC1CCOC2(CCSC2)C1)c1ccncc1. The first-order valence-corrected chi connectivity index (χ1v) is 8.31. The maximum absolute atomic E-state index is 6.07. The average Bonchev–Trinajstić information content (AvgIpc) is 2.88. The molecule has 0 amide bonds. The number of ether oxygens (including phenoxy) is 1. The summed E-state index contributed by atoms with van der Waals surface area (Å²) >= 11 is 2.04. The third-order valence-corrected chi connectivity index (χ3v) is 5.47. The maximum atomic E-state index is 6.07. The van der Waals surface area contributed by atoms with Crippen molar-refractivity contribution in [2.75, 3.05) is 18.1 Å². The molecule has 1 aromatic heterocycles. The zero-order valence-electron chi connectivity index (χ0n) is 11.5. The second-order valence-electron chi connectivity index (χ2n) is 5.69. The summed E-state index contributed by atoms with van der Waals surface area (Å²) in [5, 5.41) is 3.77. The van der Waals surface area contributed by atoms with Crippen molar-refractivity contribution >= 4 is 11.8 Å². The topological polar surface area (TPSA) is 34.1 Å². The van der Waals surface area contributed by atoms with Crippen molar-refractivity contribution < 1.29 is 4.74 Å². The lowest BCUT2D eigenvalue weighted by Gasteiger charge is -2.39. The maximum Gasteiger partial charge on any atom is 0.0795 e. The van der Waals surface area contributed by atoms with Gasteiger partial charge in [0.25, 0.3) is 0 Å². The van der Waals surface area contributed by atoms with Crippen LogP contribution in [0.15, 0.2) is 24.5 Å². The fraction of sp³-hybridized carbons (Fsp3) is 0.667. The molecule has 3 atom stereocenters. The van der Waals surface area contributed by atoms with Crippen molar-refractivity contribution in [3.05, 3.63) is 30.1 Å². The van der Waals surface area contributed by atoms with E-state index in [1.165, 1.54) is 23.5 Å². The monoisotopic (exact) mass is 278 g/mol. The van der Waals surface area contributed by atoms with Gasteiger partial charge in [0.15, 0.2) is 0 Å². The molecule has 3 nitrogen and oxygen atoms in total. The van der Waals surface area contributed by atoms with Crippen LogP contribution in [-0.2, 0) is 4.74 Å². The Morgan fingerprint density at radius 1 is 1.47 bits per heavy atom. The number of thioether (sulfide) groups is 1. The third kappa shape index (κ3) is 3.12. The van der Waals surface area contributed by atoms with Crippen molar-refractivity contribution in [1.82, 2.24) is 10.3 Å². The quantitative estimate of drug-likeness (QED) is 0.922. The average molecular weight is 278 g/mol. The van der Waals surface area contributed by atoms with Crippen LogP contribution in [0.2, 0.25) is 0 Å². The number of nitrogens with zero attached hydrogens (tertiary/aromatic N) is 1. The summed E-state index contributed by atoms with van der Waals surface area (Å²) in [5.74, 6) is 2.43. The molecule has 2 aliphatic heterocycles. The van der Waals surface area contributed by atoms with Gasteiger partial charge in [-0.05, 0) is 49.6 Å². The smallest absolute Gasteiger partial charge is 0.0795 e. The fourth-order valence-electron chi connectivity index (χ4n) is 3.14. The number of hydrogen-bond donors (Lipinski definition) is 1. The van der Waals surface area contributed by atoms with Crippen LogP contribution in [0.1, 0.15) is 37.8 Å². The van der Waals surface area contributed by atoms with Gasteiger partial charge < -0.3 is 10.1 Å². The van der Waals surface area contributed by atoms with Crippen LogP contribution < -0.4 is 5.32 Å². The van der Waals surface area contributed by atoms with Gasteiger partial charge in [-0.1, -0.05) is 0 Å². The highest BCUT2D eigenvalue weighted by atomic mass is 32.2. The van der Waals surface area contributed by atoms with Crippen molar-refractivity contribution in [2.45, 2.75) is 43.9 Å². The van der Waals surface area contributed by atoms with Crippen LogP contribution in [0.5, 0.6) is 0 Å². The predicted molar refractivity (Wildman–Crippen MR) is 79.4 cm³/mol. The van der Waals surface area contributed by atoms with Gasteiger partial charge in [-0.2, -0.15) is 11.8 Å². The molecule has 0 aromatic carbocycles.